The number of hydrogen-bond acceptors (Lipinski definition) is 3. The van der Waals surface area contributed by atoms with Crippen LogP contribution in [0.4, 0.5) is 0 Å². The minimum absolute atomic E-state index is 0.372. The number of ether oxygens (including phenoxy) is 1. The Bertz CT molecular complexity index is 568. The van der Waals surface area contributed by atoms with E-state index < -0.39 is 6.10 Å². The van der Waals surface area contributed by atoms with Crippen LogP contribution in [0.15, 0.2) is 33.5 Å². The maximum atomic E-state index is 10.3. The summed E-state index contributed by atoms with van der Waals surface area (Å²) < 4.78 is 10.6. The molecule has 1 aromatic carbocycles. The molecule has 1 aromatic heterocycles. The molecule has 96 valence electrons. The molecule has 0 aliphatic heterocycles. The molecule has 0 bridgehead atoms. The number of aliphatic hydroxyl groups is 1. The van der Waals surface area contributed by atoms with Crippen LogP contribution in [-0.2, 0) is 0 Å². The third-order valence-electron chi connectivity index (χ3n) is 2.51. The molecule has 0 aliphatic carbocycles. The summed E-state index contributed by atoms with van der Waals surface area (Å²) in [6.07, 6.45) is 0.552. The third-order valence-corrected chi connectivity index (χ3v) is 3.77. The first kappa shape index (κ1) is 13.7. The zero-order valence-electron chi connectivity index (χ0n) is 9.28. The lowest BCUT2D eigenvalue weighted by atomic mass is 10.0. The van der Waals surface area contributed by atoms with E-state index >= 15 is 0 Å². The van der Waals surface area contributed by atoms with E-state index in [0.29, 0.717) is 31.6 Å². The SMILES string of the molecule is COc1cc(Cl)c(C(O)c2ccoc2Br)cc1Cl. The number of rotatable bonds is 3. The number of halogens is 3. The van der Waals surface area contributed by atoms with Gasteiger partial charge in [-0.25, -0.2) is 0 Å². The van der Waals surface area contributed by atoms with Gasteiger partial charge in [0.2, 0.25) is 0 Å². The van der Waals surface area contributed by atoms with E-state index in [1.807, 2.05) is 0 Å². The summed E-state index contributed by atoms with van der Waals surface area (Å²) >= 11 is 15.3. The molecule has 0 aliphatic rings. The predicted octanol–water partition coefficient (Wildman–Crippen LogP) is 4.44. The molecule has 1 heterocycles. The van der Waals surface area contributed by atoms with Gasteiger partial charge in [0.15, 0.2) is 4.67 Å². The molecular weight excluding hydrogens is 343 g/mol. The van der Waals surface area contributed by atoms with Crippen LogP contribution in [0.3, 0.4) is 0 Å². The molecule has 0 saturated carbocycles. The third kappa shape index (κ3) is 2.52. The quantitative estimate of drug-likeness (QED) is 0.888. The smallest absolute Gasteiger partial charge is 0.175 e. The predicted molar refractivity (Wildman–Crippen MR) is 73.5 cm³/mol. The van der Waals surface area contributed by atoms with Gasteiger partial charge in [0.1, 0.15) is 11.9 Å². The first-order valence-electron chi connectivity index (χ1n) is 4.98. The number of benzene rings is 1. The highest BCUT2D eigenvalue weighted by molar-refractivity contribution is 9.10. The van der Waals surface area contributed by atoms with Crippen molar-refractivity contribution < 1.29 is 14.3 Å². The van der Waals surface area contributed by atoms with Crippen LogP contribution in [0.5, 0.6) is 5.75 Å². The summed E-state index contributed by atoms with van der Waals surface area (Å²) in [4.78, 5) is 0. The van der Waals surface area contributed by atoms with Crippen molar-refractivity contribution in [2.45, 2.75) is 6.10 Å². The fourth-order valence-corrected chi connectivity index (χ4v) is 2.54. The van der Waals surface area contributed by atoms with Gasteiger partial charge in [0.05, 0.1) is 23.4 Å². The molecule has 2 rings (SSSR count). The Morgan fingerprint density at radius 2 is 2.00 bits per heavy atom. The van der Waals surface area contributed by atoms with Crippen LogP contribution in [0.25, 0.3) is 0 Å². The maximum absolute atomic E-state index is 10.3. The second kappa shape index (κ2) is 5.53. The van der Waals surface area contributed by atoms with Crippen LogP contribution < -0.4 is 4.74 Å². The number of hydrogen-bond donors (Lipinski definition) is 1. The Balaban J connectivity index is 2.46. The minimum atomic E-state index is -0.922. The van der Waals surface area contributed by atoms with Gasteiger partial charge in [-0.15, -0.1) is 0 Å². The average Bonchev–Trinajstić information content (AvgIpc) is 2.77. The highest BCUT2D eigenvalue weighted by Gasteiger charge is 2.20. The van der Waals surface area contributed by atoms with Crippen LogP contribution in [0, 0.1) is 0 Å². The lowest BCUT2D eigenvalue weighted by Crippen LogP contribution is -2.00. The molecule has 1 unspecified atom stereocenters. The summed E-state index contributed by atoms with van der Waals surface area (Å²) in [6.45, 7) is 0. The fraction of sp³-hybridized carbons (Fsp3) is 0.167. The van der Waals surface area contributed by atoms with Crippen molar-refractivity contribution in [3.05, 3.63) is 50.3 Å². The van der Waals surface area contributed by atoms with E-state index in [1.54, 1.807) is 18.2 Å². The van der Waals surface area contributed by atoms with Gasteiger partial charge in [-0.2, -0.15) is 0 Å². The van der Waals surface area contributed by atoms with Crippen molar-refractivity contribution in [2.75, 3.05) is 7.11 Å². The highest BCUT2D eigenvalue weighted by atomic mass is 79.9. The summed E-state index contributed by atoms with van der Waals surface area (Å²) in [5, 5.41) is 11.0. The lowest BCUT2D eigenvalue weighted by molar-refractivity contribution is 0.218. The van der Waals surface area contributed by atoms with E-state index in [-0.39, 0.29) is 0 Å². The molecule has 0 radical (unpaired) electrons. The molecule has 0 spiro atoms. The molecule has 1 N–H and O–H groups in total. The molecule has 0 fully saturated rings. The van der Waals surface area contributed by atoms with Crippen LogP contribution in [0.2, 0.25) is 10.0 Å². The zero-order valence-corrected chi connectivity index (χ0v) is 12.4. The van der Waals surface area contributed by atoms with Gasteiger partial charge in [-0.05, 0) is 28.1 Å². The van der Waals surface area contributed by atoms with Crippen molar-refractivity contribution in [3.8, 4) is 5.75 Å². The van der Waals surface area contributed by atoms with E-state index in [1.165, 1.54) is 13.4 Å². The molecular formula is C12H9BrCl2O3. The van der Waals surface area contributed by atoms with E-state index in [9.17, 15) is 5.11 Å². The molecule has 3 nitrogen and oxygen atoms in total. The largest absolute Gasteiger partial charge is 0.495 e. The molecule has 0 saturated heterocycles. The summed E-state index contributed by atoms with van der Waals surface area (Å²) in [6, 6.07) is 4.80. The van der Waals surface area contributed by atoms with E-state index in [0.717, 1.165) is 0 Å². The van der Waals surface area contributed by atoms with Crippen molar-refractivity contribution in [3.63, 3.8) is 0 Å². The Labute approximate surface area is 122 Å². The monoisotopic (exact) mass is 350 g/mol. The van der Waals surface area contributed by atoms with Gasteiger partial charge in [-0.3, -0.25) is 0 Å². The van der Waals surface area contributed by atoms with Crippen molar-refractivity contribution in [1.29, 1.82) is 0 Å². The van der Waals surface area contributed by atoms with Crippen LogP contribution in [-0.4, -0.2) is 12.2 Å². The summed E-state index contributed by atoms with van der Waals surface area (Å²) in [5.41, 5.74) is 1.07. The standard InChI is InChI=1S/C12H9BrCl2O3/c1-17-10-5-8(14)7(4-9(10)15)11(16)6-2-3-18-12(6)13/h2-5,11,16H,1H3. The normalized spacial score (nSPS) is 12.5. The maximum Gasteiger partial charge on any atom is 0.175 e. The topological polar surface area (TPSA) is 42.6 Å². The minimum Gasteiger partial charge on any atom is -0.495 e. The molecule has 18 heavy (non-hydrogen) atoms. The summed E-state index contributed by atoms with van der Waals surface area (Å²) in [7, 11) is 1.50. The second-order valence-electron chi connectivity index (χ2n) is 3.56. The van der Waals surface area contributed by atoms with Crippen molar-refractivity contribution in [2.24, 2.45) is 0 Å². The Morgan fingerprint density at radius 3 is 2.56 bits per heavy atom. The lowest BCUT2D eigenvalue weighted by Gasteiger charge is -2.14. The fourth-order valence-electron chi connectivity index (χ4n) is 1.58. The zero-order chi connectivity index (χ0) is 13.3. The average molecular weight is 352 g/mol. The van der Waals surface area contributed by atoms with Gasteiger partial charge in [0, 0.05) is 17.2 Å². The van der Waals surface area contributed by atoms with E-state index in [4.69, 9.17) is 32.4 Å². The van der Waals surface area contributed by atoms with Crippen molar-refractivity contribution in [1.82, 2.24) is 0 Å². The number of aliphatic hydroxyl groups excluding tert-OH is 1. The van der Waals surface area contributed by atoms with Gasteiger partial charge >= 0.3 is 0 Å². The second-order valence-corrected chi connectivity index (χ2v) is 5.10. The van der Waals surface area contributed by atoms with Gasteiger partial charge < -0.3 is 14.3 Å². The summed E-state index contributed by atoms with van der Waals surface area (Å²) in [5.74, 6) is 0.462. The Morgan fingerprint density at radius 1 is 1.28 bits per heavy atom. The Hall–Kier alpha value is -0.680. The number of methoxy groups -OCH3 is 1. The molecule has 6 heteroatoms. The first-order valence-corrected chi connectivity index (χ1v) is 6.53. The Kier molecular flexibility index (Phi) is 4.22. The molecule has 0 amide bonds. The molecule has 1 atom stereocenters. The van der Waals surface area contributed by atoms with Crippen molar-refractivity contribution >= 4 is 39.1 Å². The van der Waals surface area contributed by atoms with Gasteiger partial charge in [-0.1, -0.05) is 23.2 Å². The highest BCUT2D eigenvalue weighted by Crippen LogP contribution is 2.38. The van der Waals surface area contributed by atoms with Crippen LogP contribution in [0.1, 0.15) is 17.2 Å². The molecule has 2 aromatic rings. The number of furan rings is 1. The van der Waals surface area contributed by atoms with Gasteiger partial charge in [0.25, 0.3) is 0 Å². The van der Waals surface area contributed by atoms with Crippen LogP contribution >= 0.6 is 39.1 Å². The first-order chi connectivity index (χ1) is 8.54. The van der Waals surface area contributed by atoms with E-state index in [2.05, 4.69) is 15.9 Å².